The molecule has 0 saturated heterocycles. The lowest BCUT2D eigenvalue weighted by Crippen LogP contribution is -1.94. The van der Waals surface area contributed by atoms with Crippen LogP contribution >= 0.6 is 0 Å². The topological polar surface area (TPSA) is 37.3 Å². The van der Waals surface area contributed by atoms with Crippen LogP contribution < -0.4 is 0 Å². The normalized spacial score (nSPS) is 12.9. The maximum atomic E-state index is 12.8. The zero-order chi connectivity index (χ0) is 9.14. The number of rotatable bonds is 2. The standard InChI is InChI=1S/C8H9FO2S/c1-6-2-3-7(4-8(6)9)5-12(10)11/h2-4H,5H2,1H3,(H,10,11). The smallest absolute Gasteiger partial charge is 0.157 e. The molecule has 0 spiro atoms. The Morgan fingerprint density at radius 2 is 2.25 bits per heavy atom. The molecule has 0 radical (unpaired) electrons. The summed E-state index contributed by atoms with van der Waals surface area (Å²) < 4.78 is 31.7. The van der Waals surface area contributed by atoms with Crippen molar-refractivity contribution in [3.8, 4) is 0 Å². The highest BCUT2D eigenvalue weighted by Crippen LogP contribution is 2.10. The van der Waals surface area contributed by atoms with E-state index in [9.17, 15) is 8.60 Å². The molecule has 1 unspecified atom stereocenters. The molecule has 0 saturated carbocycles. The molecule has 0 bridgehead atoms. The van der Waals surface area contributed by atoms with Gasteiger partial charge in [0, 0.05) is 0 Å². The molecule has 1 atom stereocenters. The lowest BCUT2D eigenvalue weighted by atomic mass is 10.2. The van der Waals surface area contributed by atoms with Crippen LogP contribution in [0, 0.1) is 12.7 Å². The fraction of sp³-hybridized carbons (Fsp3) is 0.250. The largest absolute Gasteiger partial charge is 0.306 e. The Hall–Kier alpha value is -0.740. The fourth-order valence-corrected chi connectivity index (χ4v) is 1.33. The second-order valence-corrected chi connectivity index (χ2v) is 3.48. The zero-order valence-electron chi connectivity index (χ0n) is 6.58. The SMILES string of the molecule is Cc1ccc(CS(=O)O)cc1F. The predicted molar refractivity (Wildman–Crippen MR) is 45.6 cm³/mol. The van der Waals surface area contributed by atoms with Crippen molar-refractivity contribution in [2.45, 2.75) is 12.7 Å². The van der Waals surface area contributed by atoms with Crippen LogP contribution in [0.15, 0.2) is 18.2 Å². The van der Waals surface area contributed by atoms with Gasteiger partial charge in [-0.2, -0.15) is 0 Å². The highest BCUT2D eigenvalue weighted by molar-refractivity contribution is 7.78. The van der Waals surface area contributed by atoms with Crippen molar-refractivity contribution >= 4 is 11.1 Å². The Bertz CT molecular complexity index is 312. The van der Waals surface area contributed by atoms with Crippen molar-refractivity contribution in [3.05, 3.63) is 35.1 Å². The maximum Gasteiger partial charge on any atom is 0.157 e. The van der Waals surface area contributed by atoms with Crippen LogP contribution in [0.5, 0.6) is 0 Å². The van der Waals surface area contributed by atoms with E-state index in [0.717, 1.165) is 0 Å². The van der Waals surface area contributed by atoms with Crippen LogP contribution in [0.4, 0.5) is 4.39 Å². The van der Waals surface area contributed by atoms with Crippen molar-refractivity contribution in [2.24, 2.45) is 0 Å². The summed E-state index contributed by atoms with van der Waals surface area (Å²) in [5, 5.41) is 0. The van der Waals surface area contributed by atoms with Gasteiger partial charge < -0.3 is 4.55 Å². The zero-order valence-corrected chi connectivity index (χ0v) is 7.40. The van der Waals surface area contributed by atoms with Crippen molar-refractivity contribution in [2.75, 3.05) is 0 Å². The molecule has 0 fully saturated rings. The van der Waals surface area contributed by atoms with Gasteiger partial charge in [-0.3, -0.25) is 0 Å². The summed E-state index contributed by atoms with van der Waals surface area (Å²) in [5.41, 5.74) is 1.08. The first-order chi connectivity index (χ1) is 5.59. The van der Waals surface area contributed by atoms with E-state index < -0.39 is 11.1 Å². The Kier molecular flexibility index (Phi) is 2.94. The highest BCUT2D eigenvalue weighted by atomic mass is 32.2. The summed E-state index contributed by atoms with van der Waals surface area (Å²) in [6.07, 6.45) is 0. The second kappa shape index (κ2) is 3.78. The minimum Gasteiger partial charge on any atom is -0.306 e. The summed E-state index contributed by atoms with van der Waals surface area (Å²) in [6.45, 7) is 1.65. The van der Waals surface area contributed by atoms with Gasteiger partial charge in [-0.1, -0.05) is 12.1 Å². The van der Waals surface area contributed by atoms with Crippen molar-refractivity contribution in [1.82, 2.24) is 0 Å². The lowest BCUT2D eigenvalue weighted by Gasteiger charge is -1.99. The summed E-state index contributed by atoms with van der Waals surface area (Å²) in [6, 6.07) is 4.52. The summed E-state index contributed by atoms with van der Waals surface area (Å²) >= 11 is -1.90. The average molecular weight is 188 g/mol. The summed E-state index contributed by atoms with van der Waals surface area (Å²) in [4.78, 5) is 0. The van der Waals surface area contributed by atoms with Gasteiger partial charge in [0.25, 0.3) is 0 Å². The first-order valence-corrected chi connectivity index (χ1v) is 4.69. The molecule has 0 aromatic heterocycles. The molecule has 0 heterocycles. The lowest BCUT2D eigenvalue weighted by molar-refractivity contribution is 0.563. The van der Waals surface area contributed by atoms with Crippen molar-refractivity contribution in [1.29, 1.82) is 0 Å². The maximum absolute atomic E-state index is 12.8. The van der Waals surface area contributed by atoms with Crippen LogP contribution in [-0.4, -0.2) is 8.76 Å². The van der Waals surface area contributed by atoms with Crippen LogP contribution in [0.3, 0.4) is 0 Å². The first kappa shape index (κ1) is 9.35. The summed E-state index contributed by atoms with van der Waals surface area (Å²) in [7, 11) is 0. The van der Waals surface area contributed by atoms with Gasteiger partial charge in [0.2, 0.25) is 0 Å². The number of hydrogen-bond acceptors (Lipinski definition) is 1. The van der Waals surface area contributed by atoms with Crippen LogP contribution in [0.25, 0.3) is 0 Å². The molecule has 66 valence electrons. The van der Waals surface area contributed by atoms with Crippen LogP contribution in [0.2, 0.25) is 0 Å². The number of halogens is 1. The van der Waals surface area contributed by atoms with E-state index in [1.54, 1.807) is 19.1 Å². The second-order valence-electron chi connectivity index (χ2n) is 2.55. The van der Waals surface area contributed by atoms with Gasteiger partial charge in [0.1, 0.15) is 5.82 Å². The fourth-order valence-electron chi connectivity index (χ4n) is 0.869. The van der Waals surface area contributed by atoms with Gasteiger partial charge in [-0.15, -0.1) is 0 Å². The molecule has 0 aliphatic heterocycles. The Balaban J connectivity index is 2.89. The Morgan fingerprint density at radius 1 is 1.58 bits per heavy atom. The molecule has 1 N–H and O–H groups in total. The van der Waals surface area contributed by atoms with E-state index in [2.05, 4.69) is 0 Å². The van der Waals surface area contributed by atoms with Crippen LogP contribution in [0.1, 0.15) is 11.1 Å². The third-order valence-corrected chi connectivity index (χ3v) is 2.11. The van der Waals surface area contributed by atoms with E-state index in [4.69, 9.17) is 4.55 Å². The average Bonchev–Trinajstić information content (AvgIpc) is 1.96. The summed E-state index contributed by atoms with van der Waals surface area (Å²) in [5.74, 6) is -0.352. The van der Waals surface area contributed by atoms with Crippen LogP contribution in [-0.2, 0) is 16.8 Å². The van der Waals surface area contributed by atoms with Crippen molar-refractivity contribution < 1.29 is 13.2 Å². The molecular formula is C8H9FO2S. The minimum atomic E-state index is -1.90. The monoisotopic (exact) mass is 188 g/mol. The quantitative estimate of drug-likeness (QED) is 0.719. The molecule has 1 rings (SSSR count). The van der Waals surface area contributed by atoms with Gasteiger partial charge in [0.15, 0.2) is 11.1 Å². The van der Waals surface area contributed by atoms with Crippen molar-refractivity contribution in [3.63, 3.8) is 0 Å². The molecule has 2 nitrogen and oxygen atoms in total. The molecule has 0 aliphatic carbocycles. The van der Waals surface area contributed by atoms with E-state index in [1.165, 1.54) is 6.07 Å². The van der Waals surface area contributed by atoms with E-state index >= 15 is 0 Å². The third-order valence-electron chi connectivity index (χ3n) is 1.53. The van der Waals surface area contributed by atoms with E-state index in [-0.39, 0.29) is 11.6 Å². The third kappa shape index (κ3) is 2.39. The molecule has 1 aromatic rings. The Morgan fingerprint density at radius 3 is 2.75 bits per heavy atom. The van der Waals surface area contributed by atoms with Gasteiger partial charge in [-0.25, -0.2) is 8.60 Å². The molecule has 12 heavy (non-hydrogen) atoms. The predicted octanol–water partition coefficient (Wildman–Crippen LogP) is 1.86. The first-order valence-electron chi connectivity index (χ1n) is 3.42. The molecule has 0 amide bonds. The Labute approximate surface area is 72.7 Å². The number of hydrogen-bond donors (Lipinski definition) is 1. The molecular weight excluding hydrogens is 179 g/mol. The molecule has 0 aliphatic rings. The van der Waals surface area contributed by atoms with Gasteiger partial charge in [0.05, 0.1) is 5.75 Å². The molecule has 1 aromatic carbocycles. The highest BCUT2D eigenvalue weighted by Gasteiger charge is 2.01. The number of benzene rings is 1. The van der Waals surface area contributed by atoms with Gasteiger partial charge in [-0.05, 0) is 24.1 Å². The van der Waals surface area contributed by atoms with Gasteiger partial charge >= 0.3 is 0 Å². The van der Waals surface area contributed by atoms with E-state index in [0.29, 0.717) is 11.1 Å². The van der Waals surface area contributed by atoms with E-state index in [1.807, 2.05) is 0 Å². The minimum absolute atomic E-state index is 0.0167. The number of aryl methyl sites for hydroxylation is 1. The molecule has 4 heteroatoms.